The molecule has 1 N–H and O–H groups in total. The molecule has 0 saturated heterocycles. The van der Waals surface area contributed by atoms with Crippen LogP contribution in [0.1, 0.15) is 10.5 Å². The second-order valence-corrected chi connectivity index (χ2v) is 3.94. The van der Waals surface area contributed by atoms with Crippen molar-refractivity contribution in [3.63, 3.8) is 0 Å². The van der Waals surface area contributed by atoms with Gasteiger partial charge in [0.1, 0.15) is 24.0 Å². The van der Waals surface area contributed by atoms with Crippen molar-refractivity contribution >= 4 is 5.97 Å². The van der Waals surface area contributed by atoms with Gasteiger partial charge in [-0.2, -0.15) is 0 Å². The summed E-state index contributed by atoms with van der Waals surface area (Å²) in [5.41, 5.74) is 0.573. The maximum Gasteiger partial charge on any atom is 0.356 e. The maximum absolute atomic E-state index is 13.1. The van der Waals surface area contributed by atoms with Gasteiger partial charge in [0.25, 0.3) is 0 Å². The van der Waals surface area contributed by atoms with Gasteiger partial charge in [0.15, 0.2) is 5.69 Å². The van der Waals surface area contributed by atoms with E-state index >= 15 is 0 Å². The van der Waals surface area contributed by atoms with E-state index in [9.17, 15) is 9.18 Å². The first-order valence-electron chi connectivity index (χ1n) is 5.38. The molecule has 0 saturated carbocycles. The summed E-state index contributed by atoms with van der Waals surface area (Å²) in [6.45, 7) is 0.824. The van der Waals surface area contributed by atoms with Gasteiger partial charge in [-0.05, 0) is 12.1 Å². The third-order valence-corrected chi connectivity index (χ3v) is 2.77. The molecule has 2 aromatic rings. The van der Waals surface area contributed by atoms with Gasteiger partial charge in [0.2, 0.25) is 0 Å². The van der Waals surface area contributed by atoms with Crippen molar-refractivity contribution in [1.29, 1.82) is 0 Å². The number of carboxylic acid groups (broad SMARTS) is 1. The monoisotopic (exact) mass is 248 g/mol. The summed E-state index contributed by atoms with van der Waals surface area (Å²) in [6, 6.07) is 4.12. The summed E-state index contributed by atoms with van der Waals surface area (Å²) in [4.78, 5) is 14.9. The van der Waals surface area contributed by atoms with Crippen LogP contribution < -0.4 is 4.74 Å². The molecule has 5 nitrogen and oxygen atoms in total. The Hall–Kier alpha value is -2.37. The molecule has 92 valence electrons. The molecule has 0 spiro atoms. The number of rotatable bonds is 1. The van der Waals surface area contributed by atoms with E-state index < -0.39 is 11.8 Å². The van der Waals surface area contributed by atoms with Crippen LogP contribution in [0.5, 0.6) is 5.75 Å². The number of carboxylic acids is 1. The zero-order valence-electron chi connectivity index (χ0n) is 9.26. The minimum atomic E-state index is -1.08. The van der Waals surface area contributed by atoms with E-state index in [1.807, 2.05) is 0 Å². The summed E-state index contributed by atoms with van der Waals surface area (Å²) < 4.78 is 20.3. The molecule has 0 radical (unpaired) electrons. The van der Waals surface area contributed by atoms with Gasteiger partial charge in [-0.1, -0.05) is 0 Å². The van der Waals surface area contributed by atoms with Crippen LogP contribution >= 0.6 is 0 Å². The average Bonchev–Trinajstić information content (AvgIpc) is 2.67. The van der Waals surface area contributed by atoms with Crippen LogP contribution in [0.15, 0.2) is 24.4 Å². The average molecular weight is 248 g/mol. The molecular weight excluding hydrogens is 239 g/mol. The highest BCUT2D eigenvalue weighted by atomic mass is 19.1. The predicted octanol–water partition coefficient (Wildman–Crippen LogP) is 1.78. The van der Waals surface area contributed by atoms with Gasteiger partial charge < -0.3 is 14.4 Å². The fourth-order valence-corrected chi connectivity index (χ4v) is 1.96. The predicted molar refractivity (Wildman–Crippen MR) is 60.1 cm³/mol. The fourth-order valence-electron chi connectivity index (χ4n) is 1.96. The van der Waals surface area contributed by atoms with Gasteiger partial charge in [0, 0.05) is 12.3 Å². The number of aromatic nitrogens is 2. The van der Waals surface area contributed by atoms with Crippen molar-refractivity contribution in [2.45, 2.75) is 6.54 Å². The number of hydrogen-bond donors (Lipinski definition) is 1. The lowest BCUT2D eigenvalue weighted by atomic mass is 10.2. The number of hydrogen-bond acceptors (Lipinski definition) is 3. The molecule has 0 unspecified atom stereocenters. The summed E-state index contributed by atoms with van der Waals surface area (Å²) in [6.07, 6.45) is 1.46. The third-order valence-electron chi connectivity index (χ3n) is 2.77. The summed E-state index contributed by atoms with van der Waals surface area (Å²) >= 11 is 0. The summed E-state index contributed by atoms with van der Waals surface area (Å²) in [7, 11) is 0. The van der Waals surface area contributed by atoms with Crippen LogP contribution in [0.25, 0.3) is 11.4 Å². The highest BCUT2D eigenvalue weighted by Crippen LogP contribution is 2.32. The number of nitrogens with zero attached hydrogens (tertiary/aromatic N) is 2. The molecule has 1 aromatic heterocycles. The first kappa shape index (κ1) is 10.8. The Kier molecular flexibility index (Phi) is 2.29. The lowest BCUT2D eigenvalue weighted by molar-refractivity contribution is 0.0691. The van der Waals surface area contributed by atoms with Crippen molar-refractivity contribution in [1.82, 2.24) is 9.55 Å². The first-order valence-corrected chi connectivity index (χ1v) is 5.38. The zero-order chi connectivity index (χ0) is 12.7. The second-order valence-electron chi connectivity index (χ2n) is 3.94. The van der Waals surface area contributed by atoms with E-state index in [2.05, 4.69) is 4.98 Å². The van der Waals surface area contributed by atoms with Gasteiger partial charge in [-0.25, -0.2) is 14.2 Å². The Bertz CT molecular complexity index is 636. The number of imidazole rings is 1. The zero-order valence-corrected chi connectivity index (χ0v) is 9.26. The van der Waals surface area contributed by atoms with Gasteiger partial charge in [0.05, 0.1) is 12.1 Å². The maximum atomic E-state index is 13.1. The van der Waals surface area contributed by atoms with E-state index in [0.717, 1.165) is 0 Å². The molecule has 6 heteroatoms. The Labute approximate surface area is 101 Å². The molecular formula is C12H9FN2O3. The van der Waals surface area contributed by atoms with Crippen molar-refractivity contribution in [3.8, 4) is 17.1 Å². The Morgan fingerprint density at radius 2 is 2.33 bits per heavy atom. The number of benzene rings is 1. The molecule has 0 fully saturated rings. The van der Waals surface area contributed by atoms with Crippen molar-refractivity contribution in [3.05, 3.63) is 35.9 Å². The van der Waals surface area contributed by atoms with E-state index in [1.54, 1.807) is 10.6 Å². The van der Waals surface area contributed by atoms with Crippen LogP contribution in [0, 0.1) is 5.82 Å². The Morgan fingerprint density at radius 3 is 3.11 bits per heavy atom. The second kappa shape index (κ2) is 3.83. The topological polar surface area (TPSA) is 64.3 Å². The molecule has 18 heavy (non-hydrogen) atoms. The molecule has 0 aliphatic carbocycles. The highest BCUT2D eigenvalue weighted by Gasteiger charge is 2.20. The molecule has 3 rings (SSSR count). The van der Waals surface area contributed by atoms with Crippen LogP contribution in [-0.4, -0.2) is 27.2 Å². The lowest BCUT2D eigenvalue weighted by Gasteiger charge is -2.05. The van der Waals surface area contributed by atoms with E-state index in [-0.39, 0.29) is 5.69 Å². The van der Waals surface area contributed by atoms with E-state index in [0.29, 0.717) is 30.3 Å². The number of fused-ring (bicyclic) bond motifs is 3. The minimum Gasteiger partial charge on any atom is -0.491 e. The van der Waals surface area contributed by atoms with Gasteiger partial charge in [-0.3, -0.25) is 0 Å². The summed E-state index contributed by atoms with van der Waals surface area (Å²) in [5, 5.41) is 8.93. The van der Waals surface area contributed by atoms with Crippen LogP contribution in [0.4, 0.5) is 4.39 Å². The van der Waals surface area contributed by atoms with Crippen LogP contribution in [-0.2, 0) is 6.54 Å². The molecule has 1 aromatic carbocycles. The number of carbonyl (C=O) groups is 1. The van der Waals surface area contributed by atoms with Crippen LogP contribution in [0.2, 0.25) is 0 Å². The van der Waals surface area contributed by atoms with Crippen molar-refractivity contribution in [2.75, 3.05) is 6.61 Å². The molecule has 0 atom stereocenters. The minimum absolute atomic E-state index is 0.0258. The fraction of sp³-hybridized carbons (Fsp3) is 0.167. The molecule has 0 amide bonds. The third kappa shape index (κ3) is 1.62. The Morgan fingerprint density at radius 1 is 1.50 bits per heavy atom. The Balaban J connectivity index is 2.20. The SMILES string of the molecule is O=C(O)c1cn2c(n1)-c1ccc(F)cc1OCC2. The highest BCUT2D eigenvalue weighted by molar-refractivity contribution is 5.86. The largest absolute Gasteiger partial charge is 0.491 e. The van der Waals surface area contributed by atoms with Crippen LogP contribution in [0.3, 0.4) is 0 Å². The number of aromatic carboxylic acids is 1. The summed E-state index contributed by atoms with van der Waals surface area (Å²) in [5.74, 6) is -0.608. The van der Waals surface area contributed by atoms with Gasteiger partial charge in [-0.15, -0.1) is 0 Å². The molecule has 1 aliphatic rings. The molecule has 0 bridgehead atoms. The number of ether oxygens (including phenoxy) is 1. The smallest absolute Gasteiger partial charge is 0.356 e. The normalized spacial score (nSPS) is 13.2. The standard InChI is InChI=1S/C12H9FN2O3/c13-7-1-2-8-10(5-7)18-4-3-15-6-9(12(16)17)14-11(8)15/h1-2,5-6H,3-4H2,(H,16,17). The molecule has 2 heterocycles. The van der Waals surface area contributed by atoms with E-state index in [4.69, 9.17) is 9.84 Å². The first-order chi connectivity index (χ1) is 8.65. The molecule has 1 aliphatic heterocycles. The van der Waals surface area contributed by atoms with Gasteiger partial charge >= 0.3 is 5.97 Å². The van der Waals surface area contributed by atoms with E-state index in [1.165, 1.54) is 18.3 Å². The van der Waals surface area contributed by atoms with Crippen molar-refractivity contribution in [2.24, 2.45) is 0 Å². The lowest BCUT2D eigenvalue weighted by Crippen LogP contribution is -2.04. The number of halogens is 1. The van der Waals surface area contributed by atoms with Crippen molar-refractivity contribution < 1.29 is 19.0 Å². The quantitative estimate of drug-likeness (QED) is 0.835.